The Kier molecular flexibility index (Phi) is 7.93. The third-order valence-electron chi connectivity index (χ3n) is 6.39. The van der Waals surface area contributed by atoms with E-state index in [9.17, 15) is 14.9 Å². The Morgan fingerprint density at radius 2 is 1.84 bits per heavy atom. The SMILES string of the molecule is O=c1c2ccccc2nc(-c2cc3cc(Cl)ccc3o2)n1N=Cc1cc(Br)cc([N+](=O)[O-])c1OCc1ccc(Cl)c(Cl)c1. The van der Waals surface area contributed by atoms with Crippen LogP contribution in [0.2, 0.25) is 15.1 Å². The molecule has 0 fully saturated rings. The Morgan fingerprint density at radius 1 is 1.02 bits per heavy atom. The molecule has 13 heteroatoms. The molecule has 0 atom stereocenters. The molecule has 43 heavy (non-hydrogen) atoms. The van der Waals surface area contributed by atoms with Crippen molar-refractivity contribution < 1.29 is 14.1 Å². The Bertz CT molecular complexity index is 2160. The monoisotopic (exact) mass is 696 g/mol. The molecule has 2 aromatic heterocycles. The molecule has 0 saturated carbocycles. The largest absolute Gasteiger partial charge is 0.481 e. The number of ether oxygens (including phenoxy) is 1. The highest BCUT2D eigenvalue weighted by atomic mass is 79.9. The Hall–Kier alpha value is -4.22. The standard InChI is InChI=1S/C30H16BrCl3N4O5/c31-19-10-18(28(25(13-19)38(40)41)42-15-16-5-7-22(33)23(34)9-16)14-35-37-29(36-24-4-2-1-3-21(24)30(37)39)27-12-17-11-20(32)6-8-26(17)43-27/h1-14H,15H2. The first-order valence-corrected chi connectivity index (χ1v) is 14.4. The van der Waals surface area contributed by atoms with Crippen molar-refractivity contribution in [2.45, 2.75) is 6.61 Å². The fraction of sp³-hybridized carbons (Fsp3) is 0.0333. The summed E-state index contributed by atoms with van der Waals surface area (Å²) in [7, 11) is 0. The van der Waals surface area contributed by atoms with Crippen LogP contribution in [0.3, 0.4) is 0 Å². The highest BCUT2D eigenvalue weighted by molar-refractivity contribution is 9.10. The van der Waals surface area contributed by atoms with Crippen LogP contribution in [0.4, 0.5) is 5.69 Å². The third kappa shape index (κ3) is 5.87. The van der Waals surface area contributed by atoms with Gasteiger partial charge >= 0.3 is 5.69 Å². The molecule has 214 valence electrons. The molecule has 0 aliphatic heterocycles. The molecular formula is C30H16BrCl3N4O5. The van der Waals surface area contributed by atoms with Crippen molar-refractivity contribution in [3.8, 4) is 17.3 Å². The molecule has 0 spiro atoms. The number of hydrogen-bond acceptors (Lipinski definition) is 7. The normalized spacial score (nSPS) is 11.5. The average molecular weight is 699 g/mol. The zero-order valence-electron chi connectivity index (χ0n) is 21.6. The number of nitro benzene ring substituents is 1. The van der Waals surface area contributed by atoms with Crippen LogP contribution in [0.1, 0.15) is 11.1 Å². The van der Waals surface area contributed by atoms with Gasteiger partial charge in [0.15, 0.2) is 5.76 Å². The van der Waals surface area contributed by atoms with Gasteiger partial charge in [-0.3, -0.25) is 14.9 Å². The van der Waals surface area contributed by atoms with Crippen LogP contribution in [-0.4, -0.2) is 20.8 Å². The lowest BCUT2D eigenvalue weighted by atomic mass is 10.2. The summed E-state index contributed by atoms with van der Waals surface area (Å²) >= 11 is 21.6. The van der Waals surface area contributed by atoms with Gasteiger partial charge in [-0.15, -0.1) is 0 Å². The van der Waals surface area contributed by atoms with Gasteiger partial charge in [0.05, 0.1) is 32.1 Å². The summed E-state index contributed by atoms with van der Waals surface area (Å²) in [5, 5.41) is 18.7. The van der Waals surface area contributed by atoms with Gasteiger partial charge in [0, 0.05) is 26.5 Å². The van der Waals surface area contributed by atoms with Crippen LogP contribution in [0, 0.1) is 10.1 Å². The summed E-state index contributed by atoms with van der Waals surface area (Å²) in [4.78, 5) is 29.8. The second kappa shape index (κ2) is 11.8. The molecule has 0 bridgehead atoms. The van der Waals surface area contributed by atoms with Crippen LogP contribution in [0.25, 0.3) is 33.5 Å². The minimum atomic E-state index is -0.568. The van der Waals surface area contributed by atoms with E-state index in [0.29, 0.717) is 47.0 Å². The van der Waals surface area contributed by atoms with Gasteiger partial charge in [0.2, 0.25) is 11.6 Å². The minimum absolute atomic E-state index is 0.0511. The summed E-state index contributed by atoms with van der Waals surface area (Å²) in [6.07, 6.45) is 1.29. The van der Waals surface area contributed by atoms with Gasteiger partial charge in [0.1, 0.15) is 12.2 Å². The first-order valence-electron chi connectivity index (χ1n) is 12.5. The summed E-state index contributed by atoms with van der Waals surface area (Å²) in [6, 6.07) is 21.5. The fourth-order valence-electron chi connectivity index (χ4n) is 4.41. The fourth-order valence-corrected chi connectivity index (χ4v) is 5.37. The zero-order chi connectivity index (χ0) is 30.2. The molecule has 0 radical (unpaired) electrons. The second-order valence-corrected chi connectivity index (χ2v) is 11.4. The molecule has 9 nitrogen and oxygen atoms in total. The van der Waals surface area contributed by atoms with Crippen LogP contribution in [0.15, 0.2) is 97.6 Å². The summed E-state index contributed by atoms with van der Waals surface area (Å²) < 4.78 is 13.4. The van der Waals surface area contributed by atoms with Crippen molar-refractivity contribution in [1.29, 1.82) is 0 Å². The Morgan fingerprint density at radius 3 is 2.63 bits per heavy atom. The molecule has 0 unspecified atom stereocenters. The van der Waals surface area contributed by atoms with Gasteiger partial charge in [-0.2, -0.15) is 9.78 Å². The van der Waals surface area contributed by atoms with E-state index in [4.69, 9.17) is 44.0 Å². The van der Waals surface area contributed by atoms with E-state index in [1.807, 2.05) is 0 Å². The summed E-state index contributed by atoms with van der Waals surface area (Å²) in [5.74, 6) is 0.327. The quantitative estimate of drug-likeness (QED) is 0.0935. The minimum Gasteiger partial charge on any atom is -0.481 e. The number of rotatable bonds is 7. The summed E-state index contributed by atoms with van der Waals surface area (Å²) in [6.45, 7) is -0.0511. The van der Waals surface area contributed by atoms with E-state index in [2.05, 4.69) is 26.0 Å². The van der Waals surface area contributed by atoms with Crippen molar-refractivity contribution in [3.63, 3.8) is 0 Å². The van der Waals surface area contributed by atoms with E-state index < -0.39 is 10.5 Å². The Labute approximate surface area is 266 Å². The predicted octanol–water partition coefficient (Wildman–Crippen LogP) is 8.90. The second-order valence-electron chi connectivity index (χ2n) is 9.24. The van der Waals surface area contributed by atoms with Gasteiger partial charge < -0.3 is 9.15 Å². The molecule has 0 N–H and O–H groups in total. The lowest BCUT2D eigenvalue weighted by Crippen LogP contribution is -2.20. The first-order chi connectivity index (χ1) is 20.7. The number of nitrogens with zero attached hydrogens (tertiary/aromatic N) is 4. The van der Waals surface area contributed by atoms with Gasteiger partial charge in [-0.1, -0.05) is 68.9 Å². The van der Waals surface area contributed by atoms with Gasteiger partial charge in [0.25, 0.3) is 5.56 Å². The highest BCUT2D eigenvalue weighted by Gasteiger charge is 2.22. The number of benzene rings is 4. The molecule has 0 aliphatic rings. The van der Waals surface area contributed by atoms with E-state index in [1.165, 1.54) is 12.3 Å². The molecule has 0 aliphatic carbocycles. The average Bonchev–Trinajstić information content (AvgIpc) is 3.40. The lowest BCUT2D eigenvalue weighted by Gasteiger charge is -2.12. The van der Waals surface area contributed by atoms with Gasteiger partial charge in [-0.25, -0.2) is 4.98 Å². The lowest BCUT2D eigenvalue weighted by molar-refractivity contribution is -0.386. The zero-order valence-corrected chi connectivity index (χ0v) is 25.5. The number of para-hydroxylation sites is 1. The van der Waals surface area contributed by atoms with Crippen LogP contribution in [0.5, 0.6) is 5.75 Å². The maximum atomic E-state index is 13.7. The maximum absolute atomic E-state index is 13.7. The molecule has 4 aromatic carbocycles. The molecule has 2 heterocycles. The van der Waals surface area contributed by atoms with Crippen molar-refractivity contribution in [1.82, 2.24) is 9.66 Å². The topological polar surface area (TPSA) is 113 Å². The molecule has 0 amide bonds. The van der Waals surface area contributed by atoms with E-state index in [0.717, 1.165) is 4.68 Å². The molecule has 6 aromatic rings. The molecule has 6 rings (SSSR count). The molecular weight excluding hydrogens is 683 g/mol. The number of nitro groups is 1. The predicted molar refractivity (Wildman–Crippen MR) is 171 cm³/mol. The number of hydrogen-bond donors (Lipinski definition) is 0. The molecule has 0 saturated heterocycles. The number of halogens is 4. The number of furan rings is 1. The number of fused-ring (bicyclic) bond motifs is 2. The van der Waals surface area contributed by atoms with Crippen molar-refractivity contribution >= 4 is 84.5 Å². The number of aromatic nitrogens is 2. The van der Waals surface area contributed by atoms with E-state index in [-0.39, 0.29) is 35.2 Å². The van der Waals surface area contributed by atoms with Crippen molar-refractivity contribution in [2.75, 3.05) is 0 Å². The van der Waals surface area contributed by atoms with Crippen LogP contribution < -0.4 is 10.3 Å². The highest BCUT2D eigenvalue weighted by Crippen LogP contribution is 2.35. The third-order valence-corrected chi connectivity index (χ3v) is 7.82. The maximum Gasteiger partial charge on any atom is 0.312 e. The first kappa shape index (κ1) is 28.9. The van der Waals surface area contributed by atoms with Gasteiger partial charge in [-0.05, 0) is 60.2 Å². The van der Waals surface area contributed by atoms with Crippen molar-refractivity contribution in [3.05, 3.63) is 130 Å². The van der Waals surface area contributed by atoms with E-state index >= 15 is 0 Å². The Balaban J connectivity index is 1.49. The summed E-state index contributed by atoms with van der Waals surface area (Å²) in [5.41, 5.74) is 1.06. The van der Waals surface area contributed by atoms with Crippen LogP contribution in [-0.2, 0) is 6.61 Å². The van der Waals surface area contributed by atoms with E-state index in [1.54, 1.807) is 72.8 Å². The van der Waals surface area contributed by atoms with Crippen molar-refractivity contribution in [2.24, 2.45) is 5.10 Å². The smallest absolute Gasteiger partial charge is 0.312 e. The van der Waals surface area contributed by atoms with Crippen LogP contribution >= 0.6 is 50.7 Å².